The number of carbonyl (C=O) groups is 1. The fraction of sp³-hybridized carbons (Fsp3) is 0.100. The number of esters is 1. The average molecular weight is 398 g/mol. The Morgan fingerprint density at radius 2 is 1.80 bits per heavy atom. The second kappa shape index (κ2) is 7.94. The van der Waals surface area contributed by atoms with Crippen LogP contribution in [0.5, 0.6) is 5.75 Å². The molecule has 3 rings (SSSR count). The first-order valence-corrected chi connectivity index (χ1v) is 8.48. The van der Waals surface area contributed by atoms with Crippen molar-refractivity contribution in [1.29, 1.82) is 0 Å². The minimum Gasteiger partial charge on any atom is -0.497 e. The van der Waals surface area contributed by atoms with Crippen LogP contribution in [0.2, 0.25) is 0 Å². The number of rotatable bonds is 5. The van der Waals surface area contributed by atoms with Crippen molar-refractivity contribution in [2.45, 2.75) is 6.10 Å². The first-order chi connectivity index (χ1) is 12.2. The van der Waals surface area contributed by atoms with Gasteiger partial charge in [0.1, 0.15) is 5.75 Å². The fourth-order valence-corrected chi connectivity index (χ4v) is 2.82. The fourth-order valence-electron chi connectivity index (χ4n) is 2.42. The monoisotopic (exact) mass is 397 g/mol. The van der Waals surface area contributed by atoms with E-state index in [1.54, 1.807) is 31.5 Å². The predicted molar refractivity (Wildman–Crippen MR) is 98.6 cm³/mol. The van der Waals surface area contributed by atoms with Crippen molar-refractivity contribution in [3.63, 3.8) is 0 Å². The summed E-state index contributed by atoms with van der Waals surface area (Å²) in [4.78, 5) is 17.1. The zero-order valence-electron chi connectivity index (χ0n) is 13.6. The topological polar surface area (TPSA) is 48.4 Å². The lowest BCUT2D eigenvalue weighted by atomic mass is 10.1. The molecular weight excluding hydrogens is 382 g/mol. The van der Waals surface area contributed by atoms with E-state index in [1.807, 2.05) is 48.5 Å². The van der Waals surface area contributed by atoms with Crippen LogP contribution in [0.15, 0.2) is 77.4 Å². The van der Waals surface area contributed by atoms with Crippen molar-refractivity contribution in [3.8, 4) is 5.75 Å². The SMILES string of the molecule is COc1ccc(Br)c(C(=O)OC(c2ccccc2)c2ccccn2)c1. The molecule has 0 aliphatic carbocycles. The first-order valence-electron chi connectivity index (χ1n) is 7.69. The van der Waals surface area contributed by atoms with E-state index >= 15 is 0 Å². The lowest BCUT2D eigenvalue weighted by Gasteiger charge is -2.18. The Balaban J connectivity index is 1.95. The maximum atomic E-state index is 12.8. The maximum Gasteiger partial charge on any atom is 0.340 e. The van der Waals surface area contributed by atoms with Gasteiger partial charge in [-0.05, 0) is 51.8 Å². The highest BCUT2D eigenvalue weighted by atomic mass is 79.9. The molecule has 0 bridgehead atoms. The van der Waals surface area contributed by atoms with E-state index in [4.69, 9.17) is 9.47 Å². The normalized spacial score (nSPS) is 11.6. The summed E-state index contributed by atoms with van der Waals surface area (Å²) < 4.78 is 11.6. The summed E-state index contributed by atoms with van der Waals surface area (Å²) in [6.07, 6.45) is 1.09. The van der Waals surface area contributed by atoms with Crippen LogP contribution in [-0.4, -0.2) is 18.1 Å². The van der Waals surface area contributed by atoms with Crippen LogP contribution in [0.1, 0.15) is 27.7 Å². The highest BCUT2D eigenvalue weighted by Crippen LogP contribution is 2.29. The largest absolute Gasteiger partial charge is 0.497 e. The van der Waals surface area contributed by atoms with Gasteiger partial charge in [0, 0.05) is 10.7 Å². The van der Waals surface area contributed by atoms with Gasteiger partial charge in [-0.2, -0.15) is 0 Å². The average Bonchev–Trinajstić information content (AvgIpc) is 2.67. The van der Waals surface area contributed by atoms with Gasteiger partial charge in [0.2, 0.25) is 0 Å². The molecule has 1 atom stereocenters. The minimum atomic E-state index is -0.590. The number of hydrogen-bond donors (Lipinski definition) is 0. The Labute approximate surface area is 154 Å². The Morgan fingerprint density at radius 3 is 2.48 bits per heavy atom. The van der Waals surface area contributed by atoms with Gasteiger partial charge in [-0.3, -0.25) is 4.98 Å². The lowest BCUT2D eigenvalue weighted by molar-refractivity contribution is 0.0369. The molecule has 2 aromatic carbocycles. The van der Waals surface area contributed by atoms with Gasteiger partial charge in [-0.1, -0.05) is 36.4 Å². The summed E-state index contributed by atoms with van der Waals surface area (Å²) in [5, 5.41) is 0. The number of pyridine rings is 1. The van der Waals surface area contributed by atoms with Gasteiger partial charge in [-0.25, -0.2) is 4.79 Å². The Hall–Kier alpha value is -2.66. The summed E-state index contributed by atoms with van der Waals surface area (Å²) in [5.74, 6) is 0.134. The van der Waals surface area contributed by atoms with E-state index in [-0.39, 0.29) is 0 Å². The molecule has 0 aliphatic rings. The van der Waals surface area contributed by atoms with Gasteiger partial charge in [0.25, 0.3) is 0 Å². The van der Waals surface area contributed by atoms with Crippen LogP contribution in [0.3, 0.4) is 0 Å². The standard InChI is InChI=1S/C20H16BrNO3/c1-24-15-10-11-17(21)16(13-15)20(23)25-19(14-7-3-2-4-8-14)18-9-5-6-12-22-18/h2-13,19H,1H3. The van der Waals surface area contributed by atoms with E-state index in [2.05, 4.69) is 20.9 Å². The third-order valence-corrected chi connectivity index (χ3v) is 4.37. The van der Waals surface area contributed by atoms with Gasteiger partial charge in [0.05, 0.1) is 18.4 Å². The van der Waals surface area contributed by atoms with Gasteiger partial charge in [0.15, 0.2) is 6.10 Å². The number of aromatic nitrogens is 1. The molecule has 4 nitrogen and oxygen atoms in total. The molecule has 3 aromatic rings. The van der Waals surface area contributed by atoms with Crippen LogP contribution >= 0.6 is 15.9 Å². The molecule has 1 aromatic heterocycles. The number of carbonyl (C=O) groups excluding carboxylic acids is 1. The highest BCUT2D eigenvalue weighted by molar-refractivity contribution is 9.10. The van der Waals surface area contributed by atoms with Crippen molar-refractivity contribution in [2.24, 2.45) is 0 Å². The number of methoxy groups -OCH3 is 1. The molecule has 0 amide bonds. The molecule has 0 fully saturated rings. The van der Waals surface area contributed by atoms with Crippen LogP contribution in [0.25, 0.3) is 0 Å². The van der Waals surface area contributed by atoms with Gasteiger partial charge < -0.3 is 9.47 Å². The highest BCUT2D eigenvalue weighted by Gasteiger charge is 2.22. The van der Waals surface area contributed by atoms with E-state index < -0.39 is 12.1 Å². The summed E-state index contributed by atoms with van der Waals surface area (Å²) in [6, 6.07) is 20.3. The van der Waals surface area contributed by atoms with Gasteiger partial charge >= 0.3 is 5.97 Å². The number of hydrogen-bond acceptors (Lipinski definition) is 4. The molecule has 0 aliphatic heterocycles. The number of benzene rings is 2. The Bertz CT molecular complexity index is 814. The lowest BCUT2D eigenvalue weighted by Crippen LogP contribution is -2.14. The Morgan fingerprint density at radius 1 is 1.04 bits per heavy atom. The maximum absolute atomic E-state index is 12.8. The van der Waals surface area contributed by atoms with Crippen LogP contribution in [0.4, 0.5) is 0 Å². The van der Waals surface area contributed by atoms with E-state index in [9.17, 15) is 4.79 Å². The van der Waals surface area contributed by atoms with Crippen LogP contribution < -0.4 is 4.74 Å². The summed E-state index contributed by atoms with van der Waals surface area (Å²) >= 11 is 3.39. The smallest absolute Gasteiger partial charge is 0.340 e. The van der Waals surface area contributed by atoms with Crippen LogP contribution in [-0.2, 0) is 4.74 Å². The molecule has 0 spiro atoms. The van der Waals surface area contributed by atoms with Crippen molar-refractivity contribution in [2.75, 3.05) is 7.11 Å². The van der Waals surface area contributed by atoms with Crippen molar-refractivity contribution in [3.05, 3.63) is 94.2 Å². The molecule has 25 heavy (non-hydrogen) atoms. The summed E-state index contributed by atoms with van der Waals surface area (Å²) in [6.45, 7) is 0. The predicted octanol–water partition coefficient (Wildman–Crippen LogP) is 4.80. The molecule has 0 saturated heterocycles. The quantitative estimate of drug-likeness (QED) is 0.580. The molecule has 0 N–H and O–H groups in total. The third kappa shape index (κ3) is 4.06. The number of nitrogens with zero attached hydrogens (tertiary/aromatic N) is 1. The van der Waals surface area contributed by atoms with Crippen molar-refractivity contribution < 1.29 is 14.3 Å². The van der Waals surface area contributed by atoms with Crippen molar-refractivity contribution >= 4 is 21.9 Å². The number of ether oxygens (including phenoxy) is 2. The summed E-state index contributed by atoms with van der Waals surface area (Å²) in [5.41, 5.74) is 1.92. The zero-order chi connectivity index (χ0) is 17.6. The third-order valence-electron chi connectivity index (χ3n) is 3.68. The van der Waals surface area contributed by atoms with Gasteiger partial charge in [-0.15, -0.1) is 0 Å². The second-order valence-electron chi connectivity index (χ2n) is 5.30. The second-order valence-corrected chi connectivity index (χ2v) is 6.15. The molecule has 0 radical (unpaired) electrons. The number of halogens is 1. The molecular formula is C20H16BrNO3. The molecule has 126 valence electrons. The molecule has 1 heterocycles. The Kier molecular flexibility index (Phi) is 5.46. The molecule has 0 saturated carbocycles. The van der Waals surface area contributed by atoms with E-state index in [0.29, 0.717) is 21.5 Å². The van der Waals surface area contributed by atoms with Crippen molar-refractivity contribution in [1.82, 2.24) is 4.98 Å². The van der Waals surface area contributed by atoms with Crippen LogP contribution in [0, 0.1) is 0 Å². The molecule has 1 unspecified atom stereocenters. The zero-order valence-corrected chi connectivity index (χ0v) is 15.1. The van der Waals surface area contributed by atoms with E-state index in [1.165, 1.54) is 0 Å². The van der Waals surface area contributed by atoms with E-state index in [0.717, 1.165) is 5.56 Å². The summed E-state index contributed by atoms with van der Waals surface area (Å²) in [7, 11) is 1.55. The minimum absolute atomic E-state index is 0.399. The molecule has 5 heteroatoms. The first kappa shape index (κ1) is 17.2.